The molecule has 0 rings (SSSR count). The Morgan fingerprint density at radius 1 is 0.365 bits per heavy atom. The summed E-state index contributed by atoms with van der Waals surface area (Å²) in [6, 6.07) is -0.618. The molecular formula is C59H117NO3. The van der Waals surface area contributed by atoms with Crippen LogP contribution in [0.2, 0.25) is 0 Å². The third-order valence-corrected chi connectivity index (χ3v) is 14.0. The zero-order chi connectivity index (χ0) is 45.6. The van der Waals surface area contributed by atoms with Crippen LogP contribution < -0.4 is 5.32 Å². The van der Waals surface area contributed by atoms with Crippen molar-refractivity contribution in [3.8, 4) is 0 Å². The van der Waals surface area contributed by atoms with Crippen LogP contribution >= 0.6 is 0 Å². The minimum Gasteiger partial charge on any atom is -0.394 e. The van der Waals surface area contributed by atoms with Gasteiger partial charge in [0.05, 0.1) is 18.8 Å². The average molecular weight is 889 g/mol. The third-order valence-electron chi connectivity index (χ3n) is 14.0. The van der Waals surface area contributed by atoms with Crippen LogP contribution in [-0.4, -0.2) is 34.9 Å². The fourth-order valence-corrected chi connectivity index (χ4v) is 9.54. The molecule has 0 aliphatic heterocycles. The van der Waals surface area contributed by atoms with Crippen molar-refractivity contribution in [1.82, 2.24) is 5.32 Å². The fourth-order valence-electron chi connectivity index (χ4n) is 9.54. The van der Waals surface area contributed by atoms with E-state index in [-0.39, 0.29) is 12.5 Å². The number of aliphatic hydroxyl groups is 2. The summed E-state index contributed by atoms with van der Waals surface area (Å²) in [5, 5.41) is 23.2. The zero-order valence-electron chi connectivity index (χ0n) is 43.4. The highest BCUT2D eigenvalue weighted by molar-refractivity contribution is 5.76. The summed E-state index contributed by atoms with van der Waals surface area (Å²) in [5.41, 5.74) is 0. The van der Waals surface area contributed by atoms with E-state index in [4.69, 9.17) is 0 Å². The molecule has 3 N–H and O–H groups in total. The number of carbonyl (C=O) groups excluding carboxylic acids is 1. The third kappa shape index (κ3) is 52.0. The number of allylic oxidation sites excluding steroid dienone is 1. The van der Waals surface area contributed by atoms with Gasteiger partial charge in [0.25, 0.3) is 0 Å². The zero-order valence-corrected chi connectivity index (χ0v) is 43.4. The molecule has 4 nitrogen and oxygen atoms in total. The Balaban J connectivity index is 3.43. The van der Waals surface area contributed by atoms with E-state index in [1.54, 1.807) is 6.08 Å². The molecule has 2 unspecified atom stereocenters. The van der Waals surface area contributed by atoms with E-state index in [1.807, 2.05) is 6.08 Å². The van der Waals surface area contributed by atoms with Crippen molar-refractivity contribution in [2.24, 2.45) is 0 Å². The second-order valence-corrected chi connectivity index (χ2v) is 20.4. The van der Waals surface area contributed by atoms with Crippen LogP contribution in [-0.2, 0) is 4.79 Å². The highest BCUT2D eigenvalue weighted by Gasteiger charge is 2.18. The van der Waals surface area contributed by atoms with Gasteiger partial charge in [0.15, 0.2) is 0 Å². The predicted octanol–water partition coefficient (Wildman–Crippen LogP) is 19.3. The molecule has 0 aromatic rings. The number of unbranched alkanes of at least 4 members (excludes halogenated alkanes) is 48. The first-order chi connectivity index (χ1) is 31.2. The van der Waals surface area contributed by atoms with Gasteiger partial charge in [-0.25, -0.2) is 0 Å². The highest BCUT2D eigenvalue weighted by atomic mass is 16.3. The van der Waals surface area contributed by atoms with Crippen LogP contribution in [0.3, 0.4) is 0 Å². The van der Waals surface area contributed by atoms with Gasteiger partial charge in [-0.1, -0.05) is 328 Å². The van der Waals surface area contributed by atoms with Crippen molar-refractivity contribution >= 4 is 5.91 Å². The molecule has 63 heavy (non-hydrogen) atoms. The van der Waals surface area contributed by atoms with Gasteiger partial charge < -0.3 is 15.5 Å². The van der Waals surface area contributed by atoms with E-state index >= 15 is 0 Å². The Morgan fingerprint density at radius 2 is 0.587 bits per heavy atom. The smallest absolute Gasteiger partial charge is 0.220 e. The van der Waals surface area contributed by atoms with Crippen LogP contribution in [0.5, 0.6) is 0 Å². The Hall–Kier alpha value is -0.870. The summed E-state index contributed by atoms with van der Waals surface area (Å²) in [7, 11) is 0. The summed E-state index contributed by atoms with van der Waals surface area (Å²) in [6.07, 6.45) is 72.5. The SMILES string of the molecule is CCCCCCCCCCCCCCCCCCCCCCCC/C=C/C(O)C(CO)NC(=O)CCCCCCCCCCCCCCCCCCCCCCCCCCCCC. The number of rotatable bonds is 55. The first kappa shape index (κ1) is 62.1. The Kier molecular flexibility index (Phi) is 54.7. The molecule has 0 heterocycles. The maximum atomic E-state index is 12.5. The van der Waals surface area contributed by atoms with Gasteiger partial charge in [-0.05, 0) is 19.3 Å². The molecule has 4 heteroatoms. The predicted molar refractivity (Wildman–Crippen MR) is 281 cm³/mol. The maximum absolute atomic E-state index is 12.5. The Bertz CT molecular complexity index is 875. The molecular weight excluding hydrogens is 771 g/mol. The van der Waals surface area contributed by atoms with Crippen molar-refractivity contribution in [3.05, 3.63) is 12.2 Å². The highest BCUT2D eigenvalue weighted by Crippen LogP contribution is 2.18. The lowest BCUT2D eigenvalue weighted by Gasteiger charge is -2.20. The standard InChI is InChI=1S/C59H117NO3/c1-3-5-7-9-11-13-15-17-19-21-23-25-27-29-30-31-33-35-37-39-41-43-45-47-49-51-53-55-59(63)60-57(56-61)58(62)54-52-50-48-46-44-42-40-38-36-34-32-28-26-24-22-20-18-16-14-12-10-8-6-4-2/h52,54,57-58,61-62H,3-51,53,55-56H2,1-2H3,(H,60,63)/b54-52+. The van der Waals surface area contributed by atoms with Crippen molar-refractivity contribution in [3.63, 3.8) is 0 Å². The number of hydrogen-bond donors (Lipinski definition) is 3. The number of nitrogens with one attached hydrogen (secondary N) is 1. The summed E-state index contributed by atoms with van der Waals surface area (Å²) in [5.74, 6) is -0.0549. The molecule has 0 bridgehead atoms. The van der Waals surface area contributed by atoms with Gasteiger partial charge in [0.1, 0.15) is 0 Å². The van der Waals surface area contributed by atoms with E-state index in [2.05, 4.69) is 19.2 Å². The van der Waals surface area contributed by atoms with Crippen LogP contribution in [0.4, 0.5) is 0 Å². The molecule has 2 atom stereocenters. The lowest BCUT2D eigenvalue weighted by molar-refractivity contribution is -0.123. The molecule has 1 amide bonds. The van der Waals surface area contributed by atoms with Gasteiger partial charge in [0.2, 0.25) is 5.91 Å². The number of amides is 1. The molecule has 0 saturated heterocycles. The Labute approximate surface area is 397 Å². The topological polar surface area (TPSA) is 69.6 Å². The van der Waals surface area contributed by atoms with Gasteiger partial charge in [-0.3, -0.25) is 4.79 Å². The molecule has 0 saturated carbocycles. The summed E-state index contributed by atoms with van der Waals surface area (Å²) in [6.45, 7) is 4.36. The monoisotopic (exact) mass is 888 g/mol. The molecule has 0 aliphatic carbocycles. The second-order valence-electron chi connectivity index (χ2n) is 20.4. The number of carbonyl (C=O) groups is 1. The van der Waals surface area contributed by atoms with Crippen LogP contribution in [0.25, 0.3) is 0 Å². The number of hydrogen-bond acceptors (Lipinski definition) is 3. The summed E-state index contributed by atoms with van der Waals surface area (Å²) in [4.78, 5) is 12.5. The van der Waals surface area contributed by atoms with Gasteiger partial charge in [0, 0.05) is 6.42 Å². The molecule has 0 aliphatic rings. The maximum Gasteiger partial charge on any atom is 0.220 e. The second kappa shape index (κ2) is 55.5. The van der Waals surface area contributed by atoms with E-state index < -0.39 is 12.1 Å². The molecule has 0 fully saturated rings. The van der Waals surface area contributed by atoms with Crippen LogP contribution in [0, 0.1) is 0 Å². The van der Waals surface area contributed by atoms with E-state index in [0.29, 0.717) is 6.42 Å². The summed E-state index contributed by atoms with van der Waals surface area (Å²) < 4.78 is 0. The molecule has 0 aromatic heterocycles. The van der Waals surface area contributed by atoms with Crippen LogP contribution in [0.1, 0.15) is 341 Å². The molecule has 376 valence electrons. The van der Waals surface area contributed by atoms with E-state index in [1.165, 1.54) is 295 Å². The van der Waals surface area contributed by atoms with Gasteiger partial charge >= 0.3 is 0 Å². The Morgan fingerprint density at radius 3 is 0.825 bits per heavy atom. The molecule has 0 aromatic carbocycles. The van der Waals surface area contributed by atoms with Crippen molar-refractivity contribution in [1.29, 1.82) is 0 Å². The van der Waals surface area contributed by atoms with E-state index in [9.17, 15) is 15.0 Å². The lowest BCUT2D eigenvalue weighted by atomic mass is 10.0. The van der Waals surface area contributed by atoms with Crippen molar-refractivity contribution < 1.29 is 15.0 Å². The quantitative estimate of drug-likeness (QED) is 0.0421. The van der Waals surface area contributed by atoms with Crippen molar-refractivity contribution in [2.45, 2.75) is 353 Å². The first-order valence-electron chi connectivity index (χ1n) is 29.4. The first-order valence-corrected chi connectivity index (χ1v) is 29.4. The van der Waals surface area contributed by atoms with Gasteiger partial charge in [-0.15, -0.1) is 0 Å². The van der Waals surface area contributed by atoms with Crippen molar-refractivity contribution in [2.75, 3.05) is 6.61 Å². The normalized spacial score (nSPS) is 12.8. The molecule has 0 radical (unpaired) electrons. The lowest BCUT2D eigenvalue weighted by Crippen LogP contribution is -2.45. The fraction of sp³-hybridized carbons (Fsp3) is 0.949. The minimum absolute atomic E-state index is 0.0549. The molecule has 0 spiro atoms. The van der Waals surface area contributed by atoms with E-state index in [0.717, 1.165) is 25.7 Å². The van der Waals surface area contributed by atoms with Crippen LogP contribution in [0.15, 0.2) is 12.2 Å². The van der Waals surface area contributed by atoms with Gasteiger partial charge in [-0.2, -0.15) is 0 Å². The minimum atomic E-state index is -0.836. The average Bonchev–Trinajstić information content (AvgIpc) is 3.29. The summed E-state index contributed by atoms with van der Waals surface area (Å²) >= 11 is 0. The largest absolute Gasteiger partial charge is 0.394 e. The number of aliphatic hydroxyl groups excluding tert-OH is 2.